The van der Waals surface area contributed by atoms with Crippen LogP contribution in [0.4, 0.5) is 0 Å². The lowest BCUT2D eigenvalue weighted by Crippen LogP contribution is -2.18. The van der Waals surface area contributed by atoms with Crippen molar-refractivity contribution < 1.29 is 4.79 Å². The van der Waals surface area contributed by atoms with Gasteiger partial charge in [0.05, 0.1) is 0 Å². The largest absolute Gasteiger partial charge is 0.354 e. The van der Waals surface area contributed by atoms with Crippen LogP contribution in [-0.2, 0) is 6.54 Å². The number of hydrogen-bond acceptors (Lipinski definition) is 1. The molecule has 0 spiro atoms. The summed E-state index contributed by atoms with van der Waals surface area (Å²) in [4.78, 5) is 11.4. The van der Waals surface area contributed by atoms with E-state index >= 15 is 0 Å². The Kier molecular flexibility index (Phi) is 3.28. The van der Waals surface area contributed by atoms with E-state index in [1.807, 2.05) is 11.5 Å². The maximum Gasteiger partial charge on any atom is 0.253 e. The Morgan fingerprint density at radius 1 is 1.54 bits per heavy atom. The fraction of sp³-hybridized carbons (Fsp3) is 0.375. The van der Waals surface area contributed by atoms with E-state index in [1.54, 1.807) is 18.5 Å². The lowest BCUT2D eigenvalue weighted by atomic mass is 10.2. The van der Waals surface area contributed by atoms with E-state index in [0.29, 0.717) is 5.56 Å². The lowest BCUT2D eigenvalue weighted by molar-refractivity contribution is 0.0996. The van der Waals surface area contributed by atoms with Crippen LogP contribution in [0.5, 0.6) is 0 Å². The van der Waals surface area contributed by atoms with E-state index in [1.165, 1.54) is 0 Å². The van der Waals surface area contributed by atoms with Crippen molar-refractivity contribution in [3.63, 3.8) is 0 Å². The molecule has 0 unspecified atom stereocenters. The summed E-state index contributed by atoms with van der Waals surface area (Å²) in [7, 11) is 0. The van der Waals surface area contributed by atoms with Gasteiger partial charge in [-0.05, 0) is 13.0 Å². The van der Waals surface area contributed by atoms with Gasteiger partial charge in [-0.2, -0.15) is 0 Å². The summed E-state index contributed by atoms with van der Waals surface area (Å²) < 4.78 is -0.0242. The average Bonchev–Trinajstić information content (AvgIpc) is 2.48. The predicted molar refractivity (Wildman–Crippen MR) is 54.7 cm³/mol. The van der Waals surface area contributed by atoms with Crippen molar-refractivity contribution in [2.45, 2.75) is 17.3 Å². The molecular weight excluding hydrogens is 232 g/mol. The molecule has 0 saturated heterocycles. The molecule has 0 aliphatic carbocycles. The Labute approximate surface area is 91.4 Å². The minimum absolute atomic E-state index is 0.418. The highest BCUT2D eigenvalue weighted by Crippen LogP contribution is 2.30. The summed E-state index contributed by atoms with van der Waals surface area (Å²) >= 11 is 16.3. The minimum atomic E-state index is -1.86. The highest BCUT2D eigenvalue weighted by atomic mass is 35.6. The van der Waals surface area contributed by atoms with Gasteiger partial charge in [0.15, 0.2) is 0 Å². The number of aromatic nitrogens is 1. The van der Waals surface area contributed by atoms with Crippen molar-refractivity contribution in [2.24, 2.45) is 0 Å². The maximum atomic E-state index is 11.4. The summed E-state index contributed by atoms with van der Waals surface area (Å²) in [6, 6.07) is 1.63. The van der Waals surface area contributed by atoms with Crippen molar-refractivity contribution in [1.29, 1.82) is 0 Å². The molecule has 0 atom stereocenters. The molecule has 2 nitrogen and oxygen atoms in total. The average molecular weight is 241 g/mol. The van der Waals surface area contributed by atoms with Gasteiger partial charge in [-0.3, -0.25) is 4.79 Å². The topological polar surface area (TPSA) is 22.0 Å². The third kappa shape index (κ3) is 2.63. The number of rotatable bonds is 2. The summed E-state index contributed by atoms with van der Waals surface area (Å²) in [5.41, 5.74) is 0.418. The van der Waals surface area contributed by atoms with Gasteiger partial charge >= 0.3 is 0 Å². The zero-order chi connectivity index (χ0) is 10.1. The first-order chi connectivity index (χ1) is 5.95. The zero-order valence-electron chi connectivity index (χ0n) is 6.93. The van der Waals surface area contributed by atoms with Crippen LogP contribution < -0.4 is 0 Å². The SMILES string of the molecule is CCn1ccc(C(=O)C(Cl)(Cl)Cl)c1. The molecule has 1 aromatic heterocycles. The monoisotopic (exact) mass is 239 g/mol. The van der Waals surface area contributed by atoms with E-state index < -0.39 is 9.58 Å². The second kappa shape index (κ2) is 3.91. The molecule has 0 aromatic carbocycles. The number of ketones is 1. The van der Waals surface area contributed by atoms with E-state index in [-0.39, 0.29) is 0 Å². The molecule has 1 aromatic rings. The summed E-state index contributed by atoms with van der Waals surface area (Å²) in [6.07, 6.45) is 3.42. The Morgan fingerprint density at radius 2 is 2.15 bits per heavy atom. The van der Waals surface area contributed by atoms with Crippen molar-refractivity contribution in [1.82, 2.24) is 4.57 Å². The quantitative estimate of drug-likeness (QED) is 0.575. The number of nitrogens with zero attached hydrogens (tertiary/aromatic N) is 1. The van der Waals surface area contributed by atoms with Crippen LogP contribution in [0.3, 0.4) is 0 Å². The predicted octanol–water partition coefficient (Wildman–Crippen LogP) is 3.06. The first kappa shape index (κ1) is 10.9. The van der Waals surface area contributed by atoms with Gasteiger partial charge in [0, 0.05) is 24.5 Å². The molecule has 1 heterocycles. The highest BCUT2D eigenvalue weighted by molar-refractivity contribution is 6.77. The van der Waals surface area contributed by atoms with Crippen molar-refractivity contribution in [2.75, 3.05) is 0 Å². The first-order valence-corrected chi connectivity index (χ1v) is 4.86. The molecule has 0 bridgehead atoms. The summed E-state index contributed by atoms with van der Waals surface area (Å²) in [6.45, 7) is 2.75. The summed E-state index contributed by atoms with van der Waals surface area (Å²) in [5, 5.41) is 0. The van der Waals surface area contributed by atoms with Crippen LogP contribution >= 0.6 is 34.8 Å². The van der Waals surface area contributed by atoms with Gasteiger partial charge in [0.2, 0.25) is 5.78 Å². The van der Waals surface area contributed by atoms with Crippen molar-refractivity contribution in [3.05, 3.63) is 24.0 Å². The van der Waals surface area contributed by atoms with E-state index in [0.717, 1.165) is 6.54 Å². The second-order valence-electron chi connectivity index (χ2n) is 2.56. The standard InChI is InChI=1S/C8H8Cl3NO/c1-2-12-4-3-6(5-12)7(13)8(9,10)11/h3-5H,2H2,1H3. The van der Waals surface area contributed by atoms with E-state index in [2.05, 4.69) is 0 Å². The molecule has 0 saturated carbocycles. The molecule has 13 heavy (non-hydrogen) atoms. The molecule has 5 heteroatoms. The zero-order valence-corrected chi connectivity index (χ0v) is 9.20. The van der Waals surface area contributed by atoms with E-state index in [9.17, 15) is 4.79 Å². The van der Waals surface area contributed by atoms with Gasteiger partial charge in [-0.1, -0.05) is 34.8 Å². The highest BCUT2D eigenvalue weighted by Gasteiger charge is 2.31. The van der Waals surface area contributed by atoms with Gasteiger partial charge in [0.1, 0.15) is 0 Å². The van der Waals surface area contributed by atoms with Gasteiger partial charge < -0.3 is 4.57 Å². The van der Waals surface area contributed by atoms with Crippen LogP contribution in [0, 0.1) is 0 Å². The maximum absolute atomic E-state index is 11.4. The molecule has 0 aliphatic rings. The Morgan fingerprint density at radius 3 is 2.54 bits per heavy atom. The number of alkyl halides is 3. The van der Waals surface area contributed by atoms with Crippen LogP contribution in [-0.4, -0.2) is 14.1 Å². The number of carbonyl (C=O) groups is 1. The third-order valence-corrected chi connectivity index (χ3v) is 2.15. The second-order valence-corrected chi connectivity index (χ2v) is 4.84. The molecular formula is C8H8Cl3NO. The van der Waals surface area contributed by atoms with Crippen LogP contribution in [0.25, 0.3) is 0 Å². The van der Waals surface area contributed by atoms with Gasteiger partial charge in [-0.25, -0.2) is 0 Å². The number of Topliss-reactive ketones (excluding diaryl/α,β-unsaturated/α-hetero) is 1. The summed E-state index contributed by atoms with van der Waals surface area (Å²) in [5.74, 6) is -0.496. The molecule has 0 amide bonds. The Bertz CT molecular complexity index is 313. The lowest BCUT2D eigenvalue weighted by Gasteiger charge is -2.06. The fourth-order valence-electron chi connectivity index (χ4n) is 0.935. The third-order valence-electron chi connectivity index (χ3n) is 1.64. The molecule has 0 radical (unpaired) electrons. The molecule has 72 valence electrons. The number of halogens is 3. The fourth-order valence-corrected chi connectivity index (χ4v) is 1.26. The van der Waals surface area contributed by atoms with Crippen molar-refractivity contribution in [3.8, 4) is 0 Å². The smallest absolute Gasteiger partial charge is 0.253 e. The molecule has 0 N–H and O–H groups in total. The number of hydrogen-bond donors (Lipinski definition) is 0. The van der Waals surface area contributed by atoms with Crippen molar-refractivity contribution >= 4 is 40.6 Å². The molecule has 0 aliphatic heterocycles. The normalized spacial score (nSPS) is 11.7. The van der Waals surface area contributed by atoms with Gasteiger partial charge in [-0.15, -0.1) is 0 Å². The Hall–Kier alpha value is -0.180. The minimum Gasteiger partial charge on any atom is -0.354 e. The van der Waals surface area contributed by atoms with E-state index in [4.69, 9.17) is 34.8 Å². The molecule has 1 rings (SSSR count). The number of carbonyl (C=O) groups excluding carboxylic acids is 1. The Balaban J connectivity index is 2.90. The van der Waals surface area contributed by atoms with Crippen LogP contribution in [0.2, 0.25) is 0 Å². The molecule has 0 fully saturated rings. The van der Waals surface area contributed by atoms with Crippen LogP contribution in [0.15, 0.2) is 18.5 Å². The number of aryl methyl sites for hydroxylation is 1. The first-order valence-electron chi connectivity index (χ1n) is 3.72. The van der Waals surface area contributed by atoms with Gasteiger partial charge in [0.25, 0.3) is 3.79 Å². The van der Waals surface area contributed by atoms with Crippen LogP contribution in [0.1, 0.15) is 17.3 Å².